The third-order valence-electron chi connectivity index (χ3n) is 12.5. The summed E-state index contributed by atoms with van der Waals surface area (Å²) in [5.41, 5.74) is 1.45. The highest BCUT2D eigenvalue weighted by Crippen LogP contribution is 2.56. The van der Waals surface area contributed by atoms with Crippen LogP contribution >= 0.6 is 0 Å². The first-order valence-electron chi connectivity index (χ1n) is 22.0. The first-order chi connectivity index (χ1) is 31.8. The third kappa shape index (κ3) is 9.73. The Morgan fingerprint density at radius 3 is 1.54 bits per heavy atom. The number of nitrogens with one attached hydrogen (secondary N) is 2. The highest BCUT2D eigenvalue weighted by Gasteiger charge is 2.60. The highest BCUT2D eigenvalue weighted by atomic mass is 19.2. The molecule has 0 saturated carbocycles. The van der Waals surface area contributed by atoms with Gasteiger partial charge in [0.05, 0.1) is 35.4 Å². The van der Waals surface area contributed by atoms with Gasteiger partial charge in [-0.25, -0.2) is 27.2 Å². The number of hydrogen-bond acceptors (Lipinski definition) is 11. The van der Waals surface area contributed by atoms with Crippen LogP contribution < -0.4 is 10.6 Å². The van der Waals surface area contributed by atoms with Crippen molar-refractivity contribution in [1.82, 2.24) is 9.80 Å². The number of ether oxygens (including phenoxy) is 2. The molecule has 0 saturated heterocycles. The van der Waals surface area contributed by atoms with Gasteiger partial charge in [0, 0.05) is 58.9 Å². The molecular formula is C51H56F4N4O9. The number of aliphatic hydroxyl groups excluding tert-OH is 1. The standard InChI is InChI=1S/C25H26F2N2O4.C20H26N2O5.C6H4F2/c1-13(2)33-23(31)16-12-29(22(30)14-9-10-17(26)18(27)11-14)24(32)25(3,4)20-15-7-5-6-8-19(15)28-21(16)20;1-11(2)27-18(24)14-10-22(12(3)23)20(25,26)19(4,5)16-13-8-6-7-9-15(13)21-17(14)16;7-5-3-1-2-4-6(5)8/h5-13,20-21,24,28,32H,1-4H3;6-11,16-17,21,25-26H,1-5H3;1-4H. The zero-order valence-electron chi connectivity index (χ0n) is 39.1. The van der Waals surface area contributed by atoms with Crippen LogP contribution in [0.3, 0.4) is 0 Å². The molecule has 2 amide bonds. The fourth-order valence-electron chi connectivity index (χ4n) is 9.08. The minimum atomic E-state index is -2.50. The predicted molar refractivity (Wildman–Crippen MR) is 244 cm³/mol. The maximum absolute atomic E-state index is 13.8. The van der Waals surface area contributed by atoms with Gasteiger partial charge in [-0.2, -0.15) is 0 Å². The van der Waals surface area contributed by atoms with Crippen LogP contribution in [-0.2, 0) is 23.9 Å². The summed E-state index contributed by atoms with van der Waals surface area (Å²) in [6.45, 7) is 15.1. The molecule has 8 rings (SSSR count). The first-order valence-corrected chi connectivity index (χ1v) is 22.0. The quantitative estimate of drug-likeness (QED) is 0.0743. The van der Waals surface area contributed by atoms with Crippen LogP contribution in [0.1, 0.15) is 95.6 Å². The Balaban J connectivity index is 0.000000195. The lowest BCUT2D eigenvalue weighted by Gasteiger charge is -2.46. The Morgan fingerprint density at radius 2 is 1.07 bits per heavy atom. The molecule has 4 heterocycles. The maximum atomic E-state index is 13.8. The van der Waals surface area contributed by atoms with Gasteiger partial charge in [-0.1, -0.05) is 76.2 Å². The molecule has 4 aliphatic heterocycles. The number of esters is 2. The maximum Gasteiger partial charge on any atom is 0.337 e. The van der Waals surface area contributed by atoms with Gasteiger partial charge in [0.2, 0.25) is 5.91 Å². The van der Waals surface area contributed by atoms with Crippen LogP contribution in [0.5, 0.6) is 0 Å². The van der Waals surface area contributed by atoms with E-state index in [9.17, 15) is 52.1 Å². The summed E-state index contributed by atoms with van der Waals surface area (Å²) in [4.78, 5) is 53.3. The van der Waals surface area contributed by atoms with E-state index in [0.717, 1.165) is 62.6 Å². The van der Waals surface area contributed by atoms with Gasteiger partial charge in [-0.3, -0.25) is 19.4 Å². The number of para-hydroxylation sites is 2. The molecule has 0 spiro atoms. The average molecular weight is 945 g/mol. The van der Waals surface area contributed by atoms with Crippen LogP contribution in [-0.4, -0.2) is 85.3 Å². The number of anilines is 2. The second kappa shape index (κ2) is 19.6. The van der Waals surface area contributed by atoms with Gasteiger partial charge in [0.1, 0.15) is 6.23 Å². The van der Waals surface area contributed by atoms with Gasteiger partial charge >= 0.3 is 11.9 Å². The van der Waals surface area contributed by atoms with Crippen molar-refractivity contribution >= 4 is 35.1 Å². The number of carbonyl (C=O) groups is 4. The molecule has 5 atom stereocenters. The molecule has 0 aromatic heterocycles. The number of aliphatic hydroxyl groups is 3. The fraction of sp³-hybridized carbons (Fsp3) is 0.373. The van der Waals surface area contributed by atoms with Gasteiger partial charge in [-0.15, -0.1) is 0 Å². The average Bonchev–Trinajstić information content (AvgIpc) is 3.81. The Kier molecular flexibility index (Phi) is 14.6. The SMILES string of the molecule is CC(=O)N1C=C(C(=O)OC(C)C)C2Nc3ccccc3C2C(C)(C)C1(O)O.CC(C)OC(=O)C1=CN(C(=O)c2ccc(F)c(F)c2)C(O)C(C)(C)C2c3ccccc3NC12.Fc1ccccc1F. The molecule has 4 aliphatic rings. The second-order valence-electron chi connectivity index (χ2n) is 18.6. The van der Waals surface area contributed by atoms with Crippen molar-refractivity contribution in [3.8, 4) is 0 Å². The molecule has 0 bridgehead atoms. The molecule has 5 unspecified atom stereocenters. The minimum Gasteiger partial charge on any atom is -0.460 e. The minimum absolute atomic E-state index is 0.156. The Bertz CT molecular complexity index is 2630. The molecular weight excluding hydrogens is 889 g/mol. The van der Waals surface area contributed by atoms with E-state index < -0.39 is 94.1 Å². The van der Waals surface area contributed by atoms with Crippen molar-refractivity contribution in [2.75, 3.05) is 10.6 Å². The lowest BCUT2D eigenvalue weighted by molar-refractivity contribution is -0.304. The Labute approximate surface area is 392 Å². The molecule has 17 heteroatoms. The van der Waals surface area contributed by atoms with E-state index in [1.807, 2.05) is 48.5 Å². The number of halogens is 4. The smallest absolute Gasteiger partial charge is 0.337 e. The normalized spacial score (nSPS) is 22.3. The van der Waals surface area contributed by atoms with Crippen LogP contribution in [0.4, 0.5) is 28.9 Å². The second-order valence-corrected chi connectivity index (χ2v) is 18.6. The van der Waals surface area contributed by atoms with E-state index in [2.05, 4.69) is 10.6 Å². The lowest BCUT2D eigenvalue weighted by atomic mass is 9.69. The molecule has 362 valence electrons. The molecule has 4 aromatic rings. The molecule has 13 nitrogen and oxygen atoms in total. The zero-order valence-corrected chi connectivity index (χ0v) is 39.1. The van der Waals surface area contributed by atoms with Crippen molar-refractivity contribution in [1.29, 1.82) is 0 Å². The third-order valence-corrected chi connectivity index (χ3v) is 12.5. The first kappa shape index (κ1) is 50.8. The van der Waals surface area contributed by atoms with E-state index in [1.165, 1.54) is 31.5 Å². The number of carbonyl (C=O) groups excluding carboxylic acids is 4. The Hall–Kier alpha value is -6.56. The molecule has 0 aliphatic carbocycles. The summed E-state index contributed by atoms with van der Waals surface area (Å²) in [7, 11) is 0. The van der Waals surface area contributed by atoms with E-state index in [1.54, 1.807) is 55.4 Å². The topological polar surface area (TPSA) is 178 Å². The highest BCUT2D eigenvalue weighted by molar-refractivity contribution is 5.98. The van der Waals surface area contributed by atoms with E-state index in [-0.39, 0.29) is 28.7 Å². The van der Waals surface area contributed by atoms with Crippen molar-refractivity contribution in [3.63, 3.8) is 0 Å². The van der Waals surface area contributed by atoms with Crippen molar-refractivity contribution < 1.29 is 61.5 Å². The molecule has 5 N–H and O–H groups in total. The van der Waals surface area contributed by atoms with Crippen molar-refractivity contribution in [2.45, 2.75) is 111 Å². The molecule has 68 heavy (non-hydrogen) atoms. The van der Waals surface area contributed by atoms with Gasteiger partial charge in [-0.05, 0) is 81.3 Å². The van der Waals surface area contributed by atoms with Gasteiger partial charge < -0.3 is 35.4 Å². The van der Waals surface area contributed by atoms with Gasteiger partial charge in [0.25, 0.3) is 11.8 Å². The van der Waals surface area contributed by atoms with Crippen LogP contribution in [0, 0.1) is 34.1 Å². The largest absolute Gasteiger partial charge is 0.460 e. The summed E-state index contributed by atoms with van der Waals surface area (Å²) < 4.78 is 62.0. The number of rotatable bonds is 5. The predicted octanol–water partition coefficient (Wildman–Crippen LogP) is 8.07. The lowest BCUT2D eigenvalue weighted by Crippen LogP contribution is -2.59. The number of nitrogens with zero attached hydrogens (tertiary/aromatic N) is 2. The monoisotopic (exact) mass is 944 g/mol. The number of fused-ring (bicyclic) bond motifs is 6. The van der Waals surface area contributed by atoms with Gasteiger partial charge in [0.15, 0.2) is 23.3 Å². The van der Waals surface area contributed by atoms with E-state index in [4.69, 9.17) is 9.47 Å². The van der Waals surface area contributed by atoms with Crippen LogP contribution in [0.15, 0.2) is 115 Å². The van der Waals surface area contributed by atoms with E-state index in [0.29, 0.717) is 0 Å². The molecule has 0 radical (unpaired) electrons. The number of hydrogen-bond donors (Lipinski definition) is 5. The van der Waals surface area contributed by atoms with Crippen molar-refractivity contribution in [3.05, 3.63) is 155 Å². The summed E-state index contributed by atoms with van der Waals surface area (Å²) in [5.74, 6) is -9.80. The number of benzene rings is 4. The van der Waals surface area contributed by atoms with E-state index >= 15 is 0 Å². The summed E-state index contributed by atoms with van der Waals surface area (Å²) in [5, 5.41) is 40.1. The molecule has 0 fully saturated rings. The fourth-order valence-corrected chi connectivity index (χ4v) is 9.08. The number of amides is 2. The van der Waals surface area contributed by atoms with Crippen molar-refractivity contribution in [2.24, 2.45) is 10.8 Å². The van der Waals surface area contributed by atoms with Crippen LogP contribution in [0.25, 0.3) is 0 Å². The molecule has 4 aromatic carbocycles. The summed E-state index contributed by atoms with van der Waals surface area (Å²) in [6, 6.07) is 21.7. The Morgan fingerprint density at radius 1 is 0.632 bits per heavy atom. The summed E-state index contributed by atoms with van der Waals surface area (Å²) >= 11 is 0. The summed E-state index contributed by atoms with van der Waals surface area (Å²) in [6.07, 6.45) is 0.346. The van der Waals surface area contributed by atoms with Crippen LogP contribution in [0.2, 0.25) is 0 Å². The zero-order chi connectivity index (χ0) is 50.2.